The van der Waals surface area contributed by atoms with Gasteiger partial charge in [0.2, 0.25) is 15.9 Å². The van der Waals surface area contributed by atoms with E-state index in [1.54, 1.807) is 0 Å². The summed E-state index contributed by atoms with van der Waals surface area (Å²) in [6.45, 7) is 4.16. The molecule has 0 saturated carbocycles. The van der Waals surface area contributed by atoms with Gasteiger partial charge in [0.05, 0.1) is 5.75 Å². The summed E-state index contributed by atoms with van der Waals surface area (Å²) in [5.41, 5.74) is 0. The van der Waals surface area contributed by atoms with Crippen molar-refractivity contribution >= 4 is 28.3 Å². The molecular formula is C15H28ClN3O3S. The quantitative estimate of drug-likeness (QED) is 0.805. The van der Waals surface area contributed by atoms with Crippen LogP contribution >= 0.6 is 12.4 Å². The van der Waals surface area contributed by atoms with Gasteiger partial charge < -0.3 is 10.2 Å². The molecule has 0 aliphatic carbocycles. The van der Waals surface area contributed by atoms with Crippen molar-refractivity contribution in [3.05, 3.63) is 0 Å². The molecule has 2 bridgehead atoms. The number of halogens is 1. The van der Waals surface area contributed by atoms with Crippen LogP contribution in [0.3, 0.4) is 0 Å². The predicted molar refractivity (Wildman–Crippen MR) is 92.2 cm³/mol. The molecule has 3 atom stereocenters. The number of fused-ring (bicyclic) bond motifs is 2. The largest absolute Gasteiger partial charge is 0.334 e. The number of hydrogen-bond donors (Lipinski definition) is 1. The van der Waals surface area contributed by atoms with E-state index < -0.39 is 16.1 Å². The standard InChI is InChI=1S/C15H27N3O3S.ClH/c1-2-10-22(20,21)17-9-3-4-14(17)15(19)18-12-5-6-13(18)11-16-8-7-12;/h12-14,16H,2-11H2,1H3;1H. The van der Waals surface area contributed by atoms with Crippen molar-refractivity contribution in [1.82, 2.24) is 14.5 Å². The fraction of sp³-hybridized carbons (Fsp3) is 0.933. The molecule has 3 fully saturated rings. The van der Waals surface area contributed by atoms with Crippen LogP contribution in [-0.2, 0) is 14.8 Å². The van der Waals surface area contributed by atoms with Gasteiger partial charge >= 0.3 is 0 Å². The molecular weight excluding hydrogens is 338 g/mol. The lowest BCUT2D eigenvalue weighted by molar-refractivity contribution is -0.137. The molecule has 0 aromatic rings. The molecule has 3 saturated heterocycles. The third-order valence-electron chi connectivity index (χ3n) is 5.22. The Labute approximate surface area is 145 Å². The van der Waals surface area contributed by atoms with E-state index in [2.05, 4.69) is 5.32 Å². The predicted octanol–water partition coefficient (Wildman–Crippen LogP) is 0.965. The highest BCUT2D eigenvalue weighted by Gasteiger charge is 2.45. The second-order valence-corrected chi connectivity index (χ2v) is 8.75. The Balaban J connectivity index is 0.00000192. The highest BCUT2D eigenvalue weighted by Crippen LogP contribution is 2.32. The third kappa shape index (κ3) is 3.67. The fourth-order valence-electron chi connectivity index (χ4n) is 4.21. The lowest BCUT2D eigenvalue weighted by Crippen LogP contribution is -2.52. The third-order valence-corrected chi connectivity index (χ3v) is 7.29. The van der Waals surface area contributed by atoms with Crippen molar-refractivity contribution in [3.63, 3.8) is 0 Å². The van der Waals surface area contributed by atoms with Crippen LogP contribution in [0.25, 0.3) is 0 Å². The van der Waals surface area contributed by atoms with Crippen LogP contribution in [0.5, 0.6) is 0 Å². The molecule has 3 aliphatic heterocycles. The summed E-state index contributed by atoms with van der Waals surface area (Å²) < 4.78 is 26.3. The Hall–Kier alpha value is -0.370. The van der Waals surface area contributed by atoms with E-state index in [9.17, 15) is 13.2 Å². The molecule has 3 aliphatic rings. The Bertz CT molecular complexity index is 514. The molecule has 6 nitrogen and oxygen atoms in total. The molecule has 0 radical (unpaired) electrons. The maximum absolute atomic E-state index is 13.1. The maximum Gasteiger partial charge on any atom is 0.241 e. The van der Waals surface area contributed by atoms with Gasteiger partial charge in [0, 0.05) is 25.2 Å². The van der Waals surface area contributed by atoms with E-state index in [0.717, 1.165) is 38.8 Å². The average molecular weight is 366 g/mol. The summed E-state index contributed by atoms with van der Waals surface area (Å²) in [5.74, 6) is 0.193. The maximum atomic E-state index is 13.1. The molecule has 0 aromatic heterocycles. The van der Waals surface area contributed by atoms with E-state index >= 15 is 0 Å². The Morgan fingerprint density at radius 2 is 1.91 bits per heavy atom. The van der Waals surface area contributed by atoms with E-state index in [0.29, 0.717) is 25.4 Å². The SMILES string of the molecule is CCCS(=O)(=O)N1CCCC1C(=O)N1C2CCNCC1CC2.Cl. The number of nitrogens with zero attached hydrogens (tertiary/aromatic N) is 2. The highest BCUT2D eigenvalue weighted by molar-refractivity contribution is 7.89. The first-order valence-corrected chi connectivity index (χ1v) is 10.2. The van der Waals surface area contributed by atoms with Gasteiger partial charge in [-0.3, -0.25) is 4.79 Å². The van der Waals surface area contributed by atoms with Crippen LogP contribution in [0.15, 0.2) is 0 Å². The lowest BCUT2D eigenvalue weighted by atomic mass is 10.1. The van der Waals surface area contributed by atoms with Gasteiger partial charge in [-0.05, 0) is 45.1 Å². The summed E-state index contributed by atoms with van der Waals surface area (Å²) in [4.78, 5) is 15.1. The van der Waals surface area contributed by atoms with Crippen LogP contribution in [-0.4, -0.2) is 67.0 Å². The number of carbonyl (C=O) groups excluding carboxylic acids is 1. The summed E-state index contributed by atoms with van der Waals surface area (Å²) >= 11 is 0. The number of sulfonamides is 1. The first-order chi connectivity index (χ1) is 10.5. The van der Waals surface area contributed by atoms with Crippen LogP contribution in [0, 0.1) is 0 Å². The zero-order chi connectivity index (χ0) is 15.7. The van der Waals surface area contributed by atoms with Gasteiger partial charge in [-0.15, -0.1) is 12.4 Å². The molecule has 3 heterocycles. The van der Waals surface area contributed by atoms with Crippen LogP contribution < -0.4 is 5.32 Å². The molecule has 23 heavy (non-hydrogen) atoms. The minimum absolute atomic E-state index is 0. The van der Waals surface area contributed by atoms with E-state index in [1.807, 2.05) is 11.8 Å². The van der Waals surface area contributed by atoms with Crippen molar-refractivity contribution in [2.45, 2.75) is 63.6 Å². The van der Waals surface area contributed by atoms with Gasteiger partial charge in [-0.2, -0.15) is 4.31 Å². The highest BCUT2D eigenvalue weighted by atomic mass is 35.5. The second kappa shape index (κ2) is 7.68. The molecule has 3 unspecified atom stereocenters. The van der Waals surface area contributed by atoms with E-state index in [4.69, 9.17) is 0 Å². The summed E-state index contributed by atoms with van der Waals surface area (Å²) in [5, 5.41) is 3.39. The summed E-state index contributed by atoms with van der Waals surface area (Å²) in [6.07, 6.45) is 5.14. The summed E-state index contributed by atoms with van der Waals surface area (Å²) in [7, 11) is -3.30. The number of hydrogen-bond acceptors (Lipinski definition) is 4. The topological polar surface area (TPSA) is 69.7 Å². The van der Waals surface area contributed by atoms with Crippen LogP contribution in [0.1, 0.15) is 45.4 Å². The van der Waals surface area contributed by atoms with Crippen molar-refractivity contribution in [2.75, 3.05) is 25.4 Å². The zero-order valence-electron chi connectivity index (χ0n) is 13.7. The monoisotopic (exact) mass is 365 g/mol. The van der Waals surface area contributed by atoms with E-state index in [1.165, 1.54) is 4.31 Å². The lowest BCUT2D eigenvalue weighted by Gasteiger charge is -2.33. The van der Waals surface area contributed by atoms with Crippen LogP contribution in [0.4, 0.5) is 0 Å². The Morgan fingerprint density at radius 1 is 1.17 bits per heavy atom. The van der Waals surface area contributed by atoms with Gasteiger partial charge in [-0.25, -0.2) is 8.42 Å². The normalized spacial score (nSPS) is 31.7. The second-order valence-electron chi connectivity index (χ2n) is 6.71. The first-order valence-electron chi connectivity index (χ1n) is 8.57. The zero-order valence-corrected chi connectivity index (χ0v) is 15.4. The molecule has 3 rings (SSSR count). The van der Waals surface area contributed by atoms with Gasteiger partial charge in [0.15, 0.2) is 0 Å². The summed E-state index contributed by atoms with van der Waals surface area (Å²) in [6, 6.07) is 0.0814. The number of nitrogens with one attached hydrogen (secondary N) is 1. The smallest absolute Gasteiger partial charge is 0.241 e. The molecule has 134 valence electrons. The minimum atomic E-state index is -3.30. The molecule has 0 spiro atoms. The average Bonchev–Trinajstić information content (AvgIpc) is 3.02. The van der Waals surface area contributed by atoms with Gasteiger partial charge in [-0.1, -0.05) is 6.92 Å². The number of rotatable bonds is 4. The number of amides is 1. The van der Waals surface area contributed by atoms with Crippen molar-refractivity contribution in [3.8, 4) is 0 Å². The Kier molecular flexibility index (Phi) is 6.33. The Morgan fingerprint density at radius 3 is 2.65 bits per heavy atom. The molecule has 1 amide bonds. The minimum Gasteiger partial charge on any atom is -0.334 e. The van der Waals surface area contributed by atoms with Crippen molar-refractivity contribution in [1.29, 1.82) is 0 Å². The molecule has 8 heteroatoms. The van der Waals surface area contributed by atoms with Gasteiger partial charge in [0.25, 0.3) is 0 Å². The van der Waals surface area contributed by atoms with E-state index in [-0.39, 0.29) is 30.1 Å². The fourth-order valence-corrected chi connectivity index (χ4v) is 5.95. The van der Waals surface area contributed by atoms with Crippen molar-refractivity contribution in [2.24, 2.45) is 0 Å². The van der Waals surface area contributed by atoms with Crippen molar-refractivity contribution < 1.29 is 13.2 Å². The molecule has 0 aromatic carbocycles. The van der Waals surface area contributed by atoms with Gasteiger partial charge in [0.1, 0.15) is 6.04 Å². The van der Waals surface area contributed by atoms with Crippen LogP contribution in [0.2, 0.25) is 0 Å². The molecule has 1 N–H and O–H groups in total. The first kappa shape index (κ1) is 19.0. The number of carbonyl (C=O) groups is 1.